The third-order valence-electron chi connectivity index (χ3n) is 3.49. The van der Waals surface area contributed by atoms with Crippen LogP contribution in [0.3, 0.4) is 0 Å². The molecule has 1 atom stereocenters. The number of carboxylic acids is 1. The molecule has 104 valence electrons. The Bertz CT molecular complexity index is 483. The predicted molar refractivity (Wildman–Crippen MR) is 67.2 cm³/mol. The number of aliphatic carboxylic acids is 1. The zero-order valence-corrected chi connectivity index (χ0v) is 11.0. The summed E-state index contributed by atoms with van der Waals surface area (Å²) in [4.78, 5) is 11.0. The molecule has 2 rings (SSSR count). The SMILES string of the molecule is COc1c(F)ccc(C(CC(=O)O)C2CC2)c1OC. The van der Waals surface area contributed by atoms with Crippen LogP contribution in [0, 0.1) is 11.7 Å². The number of hydrogen-bond donors (Lipinski definition) is 1. The second kappa shape index (κ2) is 5.47. The minimum absolute atomic E-state index is 0.0236. The van der Waals surface area contributed by atoms with Crippen molar-refractivity contribution in [2.45, 2.75) is 25.2 Å². The maximum atomic E-state index is 13.6. The summed E-state index contributed by atoms with van der Waals surface area (Å²) in [7, 11) is 2.81. The molecule has 1 aromatic rings. The van der Waals surface area contributed by atoms with Gasteiger partial charge in [-0.3, -0.25) is 4.79 Å². The molecule has 1 aliphatic carbocycles. The van der Waals surface area contributed by atoms with Crippen LogP contribution in [0.4, 0.5) is 4.39 Å². The summed E-state index contributed by atoms with van der Waals surface area (Å²) in [6.07, 6.45) is 2.03. The van der Waals surface area contributed by atoms with Crippen molar-refractivity contribution in [3.05, 3.63) is 23.5 Å². The number of halogens is 1. The molecule has 0 radical (unpaired) electrons. The second-order valence-electron chi connectivity index (χ2n) is 4.74. The lowest BCUT2D eigenvalue weighted by atomic mass is 9.90. The van der Waals surface area contributed by atoms with Crippen LogP contribution in [0.1, 0.15) is 30.7 Å². The van der Waals surface area contributed by atoms with Gasteiger partial charge in [-0.2, -0.15) is 0 Å². The van der Waals surface area contributed by atoms with Gasteiger partial charge in [-0.1, -0.05) is 6.07 Å². The highest BCUT2D eigenvalue weighted by molar-refractivity contribution is 5.69. The molecule has 0 amide bonds. The molecular formula is C14H17FO4. The topological polar surface area (TPSA) is 55.8 Å². The maximum absolute atomic E-state index is 13.6. The number of benzene rings is 1. The van der Waals surface area contributed by atoms with Crippen LogP contribution >= 0.6 is 0 Å². The molecule has 0 heterocycles. The first-order valence-electron chi connectivity index (χ1n) is 6.20. The molecule has 19 heavy (non-hydrogen) atoms. The maximum Gasteiger partial charge on any atom is 0.303 e. The van der Waals surface area contributed by atoms with E-state index in [0.717, 1.165) is 12.8 Å². The molecule has 0 bridgehead atoms. The second-order valence-corrected chi connectivity index (χ2v) is 4.74. The van der Waals surface area contributed by atoms with E-state index >= 15 is 0 Å². The van der Waals surface area contributed by atoms with E-state index in [-0.39, 0.29) is 18.1 Å². The zero-order chi connectivity index (χ0) is 14.0. The van der Waals surface area contributed by atoms with Gasteiger partial charge in [0.2, 0.25) is 0 Å². The van der Waals surface area contributed by atoms with Gasteiger partial charge in [0, 0.05) is 11.5 Å². The fourth-order valence-electron chi connectivity index (χ4n) is 2.46. The molecule has 1 N–H and O–H groups in total. The molecule has 1 aromatic carbocycles. The number of carboxylic acid groups (broad SMARTS) is 1. The van der Waals surface area contributed by atoms with Crippen molar-refractivity contribution < 1.29 is 23.8 Å². The van der Waals surface area contributed by atoms with E-state index in [4.69, 9.17) is 14.6 Å². The van der Waals surface area contributed by atoms with Crippen molar-refractivity contribution in [2.24, 2.45) is 5.92 Å². The molecule has 0 spiro atoms. The van der Waals surface area contributed by atoms with Gasteiger partial charge in [0.25, 0.3) is 0 Å². The monoisotopic (exact) mass is 268 g/mol. The number of carbonyl (C=O) groups is 1. The van der Waals surface area contributed by atoms with Crippen LogP contribution in [0.2, 0.25) is 0 Å². The van der Waals surface area contributed by atoms with Gasteiger partial charge in [-0.15, -0.1) is 0 Å². The van der Waals surface area contributed by atoms with Crippen molar-refractivity contribution in [1.82, 2.24) is 0 Å². The first kappa shape index (κ1) is 13.6. The lowest BCUT2D eigenvalue weighted by molar-refractivity contribution is -0.137. The Balaban J connectivity index is 2.43. The minimum Gasteiger partial charge on any atom is -0.492 e. The van der Waals surface area contributed by atoms with E-state index in [1.807, 2.05) is 0 Å². The first-order valence-corrected chi connectivity index (χ1v) is 6.20. The summed E-state index contributed by atoms with van der Waals surface area (Å²) in [5.41, 5.74) is 0.714. The van der Waals surface area contributed by atoms with E-state index in [1.165, 1.54) is 20.3 Å². The number of hydrogen-bond acceptors (Lipinski definition) is 3. The van der Waals surface area contributed by atoms with E-state index in [1.54, 1.807) is 6.07 Å². The van der Waals surface area contributed by atoms with Crippen molar-refractivity contribution in [3.63, 3.8) is 0 Å². The predicted octanol–water partition coefficient (Wildman–Crippen LogP) is 2.81. The lowest BCUT2D eigenvalue weighted by Crippen LogP contribution is -2.10. The summed E-state index contributed by atoms with van der Waals surface area (Å²) in [6, 6.07) is 2.90. The highest BCUT2D eigenvalue weighted by atomic mass is 19.1. The highest BCUT2D eigenvalue weighted by Crippen LogP contribution is 2.49. The Morgan fingerprint density at radius 2 is 2.00 bits per heavy atom. The fourth-order valence-corrected chi connectivity index (χ4v) is 2.46. The van der Waals surface area contributed by atoms with Crippen molar-refractivity contribution >= 4 is 5.97 Å². The summed E-state index contributed by atoms with van der Waals surface area (Å²) >= 11 is 0. The Labute approximate surface area is 111 Å². The van der Waals surface area contributed by atoms with E-state index < -0.39 is 11.8 Å². The van der Waals surface area contributed by atoms with Gasteiger partial charge in [0.15, 0.2) is 17.3 Å². The summed E-state index contributed by atoms with van der Waals surface area (Å²) < 4.78 is 23.9. The Morgan fingerprint density at radius 3 is 2.47 bits per heavy atom. The molecule has 1 aliphatic rings. The van der Waals surface area contributed by atoms with Crippen LogP contribution in [-0.4, -0.2) is 25.3 Å². The Morgan fingerprint density at radius 1 is 1.37 bits per heavy atom. The molecule has 1 fully saturated rings. The van der Waals surface area contributed by atoms with Crippen LogP contribution < -0.4 is 9.47 Å². The van der Waals surface area contributed by atoms with E-state index in [0.29, 0.717) is 17.2 Å². The Kier molecular flexibility index (Phi) is 3.93. The van der Waals surface area contributed by atoms with Crippen LogP contribution in [0.15, 0.2) is 12.1 Å². The van der Waals surface area contributed by atoms with Gasteiger partial charge >= 0.3 is 5.97 Å². The third kappa shape index (κ3) is 2.80. The number of methoxy groups -OCH3 is 2. The minimum atomic E-state index is -0.859. The molecule has 5 heteroatoms. The molecule has 0 aliphatic heterocycles. The Hall–Kier alpha value is -1.78. The van der Waals surface area contributed by atoms with E-state index in [9.17, 15) is 9.18 Å². The molecule has 1 saturated carbocycles. The lowest BCUT2D eigenvalue weighted by Gasteiger charge is -2.20. The highest BCUT2D eigenvalue weighted by Gasteiger charge is 2.36. The van der Waals surface area contributed by atoms with Crippen LogP contribution in [0.25, 0.3) is 0 Å². The van der Waals surface area contributed by atoms with Crippen molar-refractivity contribution in [2.75, 3.05) is 14.2 Å². The number of rotatable bonds is 6. The van der Waals surface area contributed by atoms with Gasteiger partial charge < -0.3 is 14.6 Å². The zero-order valence-electron chi connectivity index (χ0n) is 11.0. The summed E-state index contributed by atoms with van der Waals surface area (Å²) in [5.74, 6) is -0.839. The largest absolute Gasteiger partial charge is 0.492 e. The van der Waals surface area contributed by atoms with Crippen LogP contribution in [0.5, 0.6) is 11.5 Å². The van der Waals surface area contributed by atoms with Gasteiger partial charge in [0.05, 0.1) is 20.6 Å². The van der Waals surface area contributed by atoms with Crippen molar-refractivity contribution in [1.29, 1.82) is 0 Å². The molecular weight excluding hydrogens is 251 g/mol. The average molecular weight is 268 g/mol. The summed E-state index contributed by atoms with van der Waals surface area (Å²) in [6.45, 7) is 0. The van der Waals surface area contributed by atoms with Gasteiger partial charge in [0.1, 0.15) is 0 Å². The van der Waals surface area contributed by atoms with Crippen molar-refractivity contribution in [3.8, 4) is 11.5 Å². The first-order chi connectivity index (χ1) is 9.08. The standard InChI is InChI=1S/C14H17FO4/c1-18-13-9(5-6-11(15)14(13)19-2)10(7-12(16)17)8-3-4-8/h5-6,8,10H,3-4,7H2,1-2H3,(H,16,17). The summed E-state index contributed by atoms with van der Waals surface area (Å²) in [5, 5.41) is 9.02. The smallest absolute Gasteiger partial charge is 0.303 e. The molecule has 0 aromatic heterocycles. The van der Waals surface area contributed by atoms with Crippen LogP contribution in [-0.2, 0) is 4.79 Å². The molecule has 0 saturated heterocycles. The number of ether oxygens (including phenoxy) is 2. The van der Waals surface area contributed by atoms with E-state index in [2.05, 4.69) is 0 Å². The fraction of sp³-hybridized carbons (Fsp3) is 0.500. The third-order valence-corrected chi connectivity index (χ3v) is 3.49. The molecule has 4 nitrogen and oxygen atoms in total. The van der Waals surface area contributed by atoms with Gasteiger partial charge in [-0.05, 0) is 24.8 Å². The normalized spacial score (nSPS) is 15.9. The quantitative estimate of drug-likeness (QED) is 0.862. The average Bonchev–Trinajstić information content (AvgIpc) is 3.19. The van der Waals surface area contributed by atoms with Gasteiger partial charge in [-0.25, -0.2) is 4.39 Å². The molecule has 1 unspecified atom stereocenters.